The van der Waals surface area contributed by atoms with Crippen molar-refractivity contribution in [2.24, 2.45) is 5.41 Å². The molecule has 0 amide bonds. The Morgan fingerprint density at radius 1 is 1.25 bits per heavy atom. The van der Waals surface area contributed by atoms with Gasteiger partial charge < -0.3 is 5.32 Å². The minimum atomic E-state index is 0.141. The first kappa shape index (κ1) is 11.2. The Morgan fingerprint density at radius 2 is 1.94 bits per heavy atom. The lowest BCUT2D eigenvalue weighted by molar-refractivity contribution is -0.123. The topological polar surface area (TPSA) is 29.1 Å². The molecule has 1 atom stereocenters. The van der Waals surface area contributed by atoms with Crippen LogP contribution in [0.4, 0.5) is 5.69 Å². The van der Waals surface area contributed by atoms with Crippen LogP contribution >= 0.6 is 0 Å². The van der Waals surface area contributed by atoms with Gasteiger partial charge in [-0.25, -0.2) is 0 Å². The zero-order valence-electron chi connectivity index (χ0n) is 9.99. The summed E-state index contributed by atoms with van der Waals surface area (Å²) in [7, 11) is 0. The quantitative estimate of drug-likeness (QED) is 0.824. The Hall–Kier alpha value is -1.31. The van der Waals surface area contributed by atoms with Crippen molar-refractivity contribution >= 4 is 11.5 Å². The molecular weight excluding hydrogens is 198 g/mol. The first-order valence-corrected chi connectivity index (χ1v) is 5.88. The number of nitrogens with one attached hydrogen (secondary N) is 1. The number of benzene rings is 1. The molecule has 16 heavy (non-hydrogen) atoms. The van der Waals surface area contributed by atoms with Crippen molar-refractivity contribution in [3.63, 3.8) is 0 Å². The second-order valence-electron chi connectivity index (χ2n) is 5.50. The normalized spacial score (nSPS) is 24.1. The smallest absolute Gasteiger partial charge is 0.135 e. The zero-order chi connectivity index (χ0) is 11.6. The number of ketones is 1. The van der Waals surface area contributed by atoms with Gasteiger partial charge in [-0.3, -0.25) is 4.79 Å². The second-order valence-corrected chi connectivity index (χ2v) is 5.50. The summed E-state index contributed by atoms with van der Waals surface area (Å²) in [5.41, 5.74) is 1.25. The molecule has 1 aliphatic rings. The Morgan fingerprint density at radius 3 is 2.56 bits per heavy atom. The largest absolute Gasteiger partial charge is 0.382 e. The van der Waals surface area contributed by atoms with Crippen LogP contribution in [0.1, 0.15) is 33.1 Å². The Bertz CT molecular complexity index is 370. The number of carbonyl (C=O) groups excluding carboxylic acids is 1. The van der Waals surface area contributed by atoms with Crippen LogP contribution in [0.5, 0.6) is 0 Å². The van der Waals surface area contributed by atoms with Crippen LogP contribution in [0.15, 0.2) is 30.3 Å². The average molecular weight is 217 g/mol. The Labute approximate surface area is 97.1 Å². The van der Waals surface area contributed by atoms with Crippen molar-refractivity contribution in [2.75, 3.05) is 5.32 Å². The third-order valence-corrected chi connectivity index (χ3v) is 3.09. The van der Waals surface area contributed by atoms with Crippen LogP contribution in [-0.4, -0.2) is 11.8 Å². The van der Waals surface area contributed by atoms with Gasteiger partial charge in [0.25, 0.3) is 0 Å². The van der Waals surface area contributed by atoms with Gasteiger partial charge in [-0.15, -0.1) is 0 Å². The van der Waals surface area contributed by atoms with Crippen molar-refractivity contribution in [1.29, 1.82) is 0 Å². The predicted octanol–water partition coefficient (Wildman–Crippen LogP) is 3.25. The fraction of sp³-hybridized carbons (Fsp3) is 0.500. The number of carbonyl (C=O) groups is 1. The van der Waals surface area contributed by atoms with Crippen LogP contribution < -0.4 is 5.32 Å². The molecule has 0 aromatic heterocycles. The predicted molar refractivity (Wildman–Crippen MR) is 66.5 cm³/mol. The highest BCUT2D eigenvalue weighted by Gasteiger charge is 2.32. The Kier molecular flexibility index (Phi) is 2.99. The summed E-state index contributed by atoms with van der Waals surface area (Å²) < 4.78 is 0. The van der Waals surface area contributed by atoms with Gasteiger partial charge in [0.2, 0.25) is 0 Å². The maximum Gasteiger partial charge on any atom is 0.135 e. The van der Waals surface area contributed by atoms with Crippen LogP contribution in [-0.2, 0) is 4.79 Å². The van der Waals surface area contributed by atoms with E-state index in [1.54, 1.807) is 0 Å². The molecule has 0 aliphatic heterocycles. The molecule has 1 aromatic rings. The second kappa shape index (κ2) is 4.28. The summed E-state index contributed by atoms with van der Waals surface area (Å²) in [6.45, 7) is 4.34. The van der Waals surface area contributed by atoms with Crippen LogP contribution in [0.25, 0.3) is 0 Å². The fourth-order valence-electron chi connectivity index (χ4n) is 2.56. The zero-order valence-corrected chi connectivity index (χ0v) is 9.99. The highest BCUT2D eigenvalue weighted by Crippen LogP contribution is 2.34. The minimum Gasteiger partial charge on any atom is -0.382 e. The van der Waals surface area contributed by atoms with Gasteiger partial charge in [-0.1, -0.05) is 32.0 Å². The molecule has 2 nitrogen and oxygen atoms in total. The molecular formula is C14H19NO. The number of hydrogen-bond acceptors (Lipinski definition) is 2. The van der Waals surface area contributed by atoms with E-state index >= 15 is 0 Å². The van der Waals surface area contributed by atoms with Crippen LogP contribution in [0, 0.1) is 5.41 Å². The number of para-hydroxylation sites is 1. The summed E-state index contributed by atoms with van der Waals surface area (Å²) in [5, 5.41) is 3.45. The molecule has 2 heteroatoms. The van der Waals surface area contributed by atoms with Gasteiger partial charge in [0, 0.05) is 24.6 Å². The van der Waals surface area contributed by atoms with Crippen molar-refractivity contribution in [1.82, 2.24) is 0 Å². The lowest BCUT2D eigenvalue weighted by atomic mass is 9.74. The molecule has 0 radical (unpaired) electrons. The van der Waals surface area contributed by atoms with Crippen LogP contribution in [0.2, 0.25) is 0 Å². The van der Waals surface area contributed by atoms with Gasteiger partial charge in [0.15, 0.2) is 0 Å². The third-order valence-electron chi connectivity index (χ3n) is 3.09. The first-order valence-electron chi connectivity index (χ1n) is 5.88. The van der Waals surface area contributed by atoms with E-state index in [4.69, 9.17) is 0 Å². The maximum atomic E-state index is 11.6. The molecule has 1 aliphatic carbocycles. The monoisotopic (exact) mass is 217 g/mol. The molecule has 86 valence electrons. The van der Waals surface area contributed by atoms with E-state index in [1.165, 1.54) is 0 Å². The minimum absolute atomic E-state index is 0.141. The Balaban J connectivity index is 2.03. The highest BCUT2D eigenvalue weighted by molar-refractivity contribution is 5.81. The van der Waals surface area contributed by atoms with Gasteiger partial charge in [0.1, 0.15) is 5.78 Å². The summed E-state index contributed by atoms with van der Waals surface area (Å²) in [6.07, 6.45) is 2.45. The molecule has 0 spiro atoms. The van der Waals surface area contributed by atoms with E-state index in [9.17, 15) is 4.79 Å². The first-order chi connectivity index (χ1) is 7.55. The van der Waals surface area contributed by atoms with Gasteiger partial charge >= 0.3 is 0 Å². The molecule has 0 bridgehead atoms. The molecule has 1 unspecified atom stereocenters. The van der Waals surface area contributed by atoms with E-state index in [-0.39, 0.29) is 5.41 Å². The van der Waals surface area contributed by atoms with E-state index in [0.29, 0.717) is 18.2 Å². The fourth-order valence-corrected chi connectivity index (χ4v) is 2.56. The van der Waals surface area contributed by atoms with Crippen molar-refractivity contribution in [3.05, 3.63) is 30.3 Å². The third kappa shape index (κ3) is 2.84. The van der Waals surface area contributed by atoms with Gasteiger partial charge in [-0.05, 0) is 24.0 Å². The molecule has 0 heterocycles. The molecule has 1 N–H and O–H groups in total. The van der Waals surface area contributed by atoms with E-state index in [0.717, 1.165) is 18.5 Å². The standard InChI is InChI=1S/C14H19NO/c1-14(2)9-12(8-13(16)10-14)15-11-6-4-3-5-7-11/h3-7,12,15H,8-10H2,1-2H3. The molecule has 0 saturated heterocycles. The van der Waals surface area contributed by atoms with Crippen molar-refractivity contribution in [2.45, 2.75) is 39.2 Å². The van der Waals surface area contributed by atoms with Crippen molar-refractivity contribution < 1.29 is 4.79 Å². The average Bonchev–Trinajstić information content (AvgIpc) is 2.15. The SMILES string of the molecule is CC1(C)CC(=O)CC(Nc2ccccc2)C1. The van der Waals surface area contributed by atoms with Gasteiger partial charge in [-0.2, -0.15) is 0 Å². The molecule has 1 fully saturated rings. The summed E-state index contributed by atoms with van der Waals surface area (Å²) in [4.78, 5) is 11.6. The molecule has 2 rings (SSSR count). The summed E-state index contributed by atoms with van der Waals surface area (Å²) in [6, 6.07) is 10.4. The number of anilines is 1. The van der Waals surface area contributed by atoms with Gasteiger partial charge in [0.05, 0.1) is 0 Å². The number of Topliss-reactive ketones (excluding diaryl/α,β-unsaturated/α-hetero) is 1. The van der Waals surface area contributed by atoms with E-state index in [2.05, 4.69) is 19.2 Å². The maximum absolute atomic E-state index is 11.6. The molecule has 1 aromatic carbocycles. The lowest BCUT2D eigenvalue weighted by Crippen LogP contribution is -2.36. The number of rotatable bonds is 2. The lowest BCUT2D eigenvalue weighted by Gasteiger charge is -2.35. The van der Waals surface area contributed by atoms with E-state index < -0.39 is 0 Å². The highest BCUT2D eigenvalue weighted by atomic mass is 16.1. The summed E-state index contributed by atoms with van der Waals surface area (Å²) in [5.74, 6) is 0.379. The van der Waals surface area contributed by atoms with Crippen LogP contribution in [0.3, 0.4) is 0 Å². The van der Waals surface area contributed by atoms with Crippen molar-refractivity contribution in [3.8, 4) is 0 Å². The molecule has 1 saturated carbocycles. The van der Waals surface area contributed by atoms with E-state index in [1.807, 2.05) is 30.3 Å². The number of hydrogen-bond donors (Lipinski definition) is 1. The summed E-state index contributed by atoms with van der Waals surface area (Å²) >= 11 is 0.